The number of carbonyl (C=O) groups is 1. The number of aromatic nitrogens is 3. The normalized spacial score (nSPS) is 11.3. The molecule has 0 fully saturated rings. The molecule has 1 N–H and O–H groups in total. The first-order chi connectivity index (χ1) is 17.8. The first kappa shape index (κ1) is 23.9. The number of hydrogen-bond acceptors (Lipinski definition) is 5. The highest BCUT2D eigenvalue weighted by molar-refractivity contribution is 5.86. The van der Waals surface area contributed by atoms with Gasteiger partial charge in [0.05, 0.1) is 28.6 Å². The Morgan fingerprint density at radius 3 is 2.24 bits per heavy atom. The molecule has 8 heteroatoms. The van der Waals surface area contributed by atoms with Gasteiger partial charge in [-0.15, -0.1) is 0 Å². The van der Waals surface area contributed by atoms with E-state index in [0.717, 1.165) is 5.75 Å². The Morgan fingerprint density at radius 2 is 1.51 bits per heavy atom. The molecule has 0 aliphatic heterocycles. The summed E-state index contributed by atoms with van der Waals surface area (Å²) in [5.41, 5.74) is 2.21. The molecule has 0 atom stereocenters. The van der Waals surface area contributed by atoms with Gasteiger partial charge in [0, 0.05) is 11.9 Å². The Labute approximate surface area is 213 Å². The minimum atomic E-state index is -0.624. The molecule has 2 aromatic heterocycles. The highest BCUT2D eigenvalue weighted by atomic mass is 16.6. The van der Waals surface area contributed by atoms with Crippen molar-refractivity contribution in [3.8, 4) is 22.9 Å². The number of para-hydroxylation sites is 1. The molecule has 5 aromatic rings. The molecule has 37 heavy (non-hydrogen) atoms. The fourth-order valence-electron chi connectivity index (χ4n) is 3.98. The third kappa shape index (κ3) is 5.23. The van der Waals surface area contributed by atoms with Gasteiger partial charge in [0.1, 0.15) is 17.1 Å². The summed E-state index contributed by atoms with van der Waals surface area (Å²) in [6.07, 6.45) is 2.73. The van der Waals surface area contributed by atoms with Crippen LogP contribution in [-0.4, -0.2) is 25.8 Å². The maximum atomic E-state index is 13.7. The highest BCUT2D eigenvalue weighted by Gasteiger charge is 2.18. The van der Waals surface area contributed by atoms with Crippen LogP contribution in [0.5, 0.6) is 11.5 Å². The lowest BCUT2D eigenvalue weighted by Crippen LogP contribution is -2.27. The number of imidazole rings is 1. The molecule has 0 bridgehead atoms. The average Bonchev–Trinajstić information content (AvgIpc) is 3.16. The van der Waals surface area contributed by atoms with Crippen LogP contribution in [0.4, 0.5) is 10.5 Å². The third-order valence-corrected chi connectivity index (χ3v) is 5.47. The van der Waals surface area contributed by atoms with Crippen LogP contribution in [0.3, 0.4) is 0 Å². The highest BCUT2D eigenvalue weighted by Crippen LogP contribution is 2.25. The van der Waals surface area contributed by atoms with Crippen molar-refractivity contribution in [3.05, 3.63) is 108 Å². The number of rotatable bonds is 5. The molecule has 0 saturated heterocycles. The molecule has 0 saturated carbocycles. The number of anilines is 1. The molecule has 2 heterocycles. The second kappa shape index (κ2) is 9.66. The van der Waals surface area contributed by atoms with E-state index >= 15 is 0 Å². The van der Waals surface area contributed by atoms with Crippen molar-refractivity contribution in [3.63, 3.8) is 0 Å². The van der Waals surface area contributed by atoms with E-state index < -0.39 is 11.7 Å². The van der Waals surface area contributed by atoms with Crippen molar-refractivity contribution in [1.29, 1.82) is 0 Å². The maximum Gasteiger partial charge on any atom is 0.412 e. The predicted octanol–water partition coefficient (Wildman–Crippen LogP) is 6.32. The lowest BCUT2D eigenvalue weighted by molar-refractivity contribution is 0.0636. The van der Waals surface area contributed by atoms with Crippen LogP contribution in [0.25, 0.3) is 22.4 Å². The van der Waals surface area contributed by atoms with E-state index in [9.17, 15) is 9.59 Å². The molecule has 5 rings (SSSR count). The smallest absolute Gasteiger partial charge is 0.412 e. The van der Waals surface area contributed by atoms with Crippen LogP contribution in [0.2, 0.25) is 0 Å². The molecule has 186 valence electrons. The monoisotopic (exact) mass is 494 g/mol. The van der Waals surface area contributed by atoms with Gasteiger partial charge in [-0.1, -0.05) is 24.3 Å². The Hall–Kier alpha value is -4.85. The fraction of sp³-hybridized carbons (Fsp3) is 0.138. The number of pyridine rings is 1. The third-order valence-electron chi connectivity index (χ3n) is 5.47. The van der Waals surface area contributed by atoms with Crippen molar-refractivity contribution in [1.82, 2.24) is 14.1 Å². The zero-order chi connectivity index (χ0) is 26.0. The quantitative estimate of drug-likeness (QED) is 0.309. The Morgan fingerprint density at radius 1 is 0.811 bits per heavy atom. The van der Waals surface area contributed by atoms with Gasteiger partial charge in [-0.05, 0) is 81.4 Å². The Balaban J connectivity index is 1.51. The van der Waals surface area contributed by atoms with Crippen molar-refractivity contribution in [2.24, 2.45) is 0 Å². The molecule has 8 nitrogen and oxygen atoms in total. The number of carbonyl (C=O) groups excluding carboxylic acids is 1. The number of amides is 1. The number of nitrogens with one attached hydrogen (secondary N) is 1. The van der Waals surface area contributed by atoms with E-state index in [1.807, 2.05) is 60.7 Å². The van der Waals surface area contributed by atoms with Crippen molar-refractivity contribution in [2.45, 2.75) is 26.4 Å². The van der Waals surface area contributed by atoms with Gasteiger partial charge in [-0.2, -0.15) is 0 Å². The molecular weight excluding hydrogens is 468 g/mol. The average molecular weight is 495 g/mol. The van der Waals surface area contributed by atoms with Crippen LogP contribution in [0.15, 0.2) is 102 Å². The van der Waals surface area contributed by atoms with Crippen LogP contribution < -0.4 is 15.7 Å². The van der Waals surface area contributed by atoms with Gasteiger partial charge < -0.3 is 9.47 Å². The fourth-order valence-corrected chi connectivity index (χ4v) is 3.98. The van der Waals surface area contributed by atoms with E-state index in [0.29, 0.717) is 33.8 Å². The number of hydrogen-bond donors (Lipinski definition) is 1. The van der Waals surface area contributed by atoms with Gasteiger partial charge in [-0.3, -0.25) is 19.4 Å². The van der Waals surface area contributed by atoms with E-state index in [1.165, 1.54) is 0 Å². The largest absolute Gasteiger partial charge is 0.457 e. The van der Waals surface area contributed by atoms with Gasteiger partial charge in [0.25, 0.3) is 0 Å². The molecule has 1 amide bonds. The molecule has 3 aromatic carbocycles. The lowest BCUT2D eigenvalue weighted by atomic mass is 10.2. The zero-order valence-corrected chi connectivity index (χ0v) is 20.7. The second-order valence-electron chi connectivity index (χ2n) is 9.40. The van der Waals surface area contributed by atoms with E-state index in [1.54, 1.807) is 66.6 Å². The van der Waals surface area contributed by atoms with Crippen LogP contribution in [0, 0.1) is 0 Å². The summed E-state index contributed by atoms with van der Waals surface area (Å²) in [6, 6.07) is 25.6. The SMILES string of the molecule is CC(C)(C)OC(=O)Nc1cccc(-n2c(=O)n(-c3ccc(Oc4ccccc4)cc3)c3cnccc32)c1. The molecule has 0 radical (unpaired) electrons. The van der Waals surface area contributed by atoms with Crippen LogP contribution in [0.1, 0.15) is 20.8 Å². The molecular formula is C29H26N4O4. The predicted molar refractivity (Wildman–Crippen MR) is 143 cm³/mol. The van der Waals surface area contributed by atoms with Gasteiger partial charge in [-0.25, -0.2) is 9.59 Å². The minimum Gasteiger partial charge on any atom is -0.457 e. The summed E-state index contributed by atoms with van der Waals surface area (Å²) < 4.78 is 14.4. The standard InChI is InChI=1S/C29H26N4O4/c1-29(2,3)37-27(34)31-20-8-7-9-22(18-20)33-25-16-17-30-19-26(25)32(28(33)35)21-12-14-24(15-13-21)36-23-10-5-4-6-11-23/h4-19H,1-3H3,(H,31,34). The first-order valence-electron chi connectivity index (χ1n) is 11.8. The second-order valence-corrected chi connectivity index (χ2v) is 9.40. The van der Waals surface area contributed by atoms with Crippen molar-refractivity contribution in [2.75, 3.05) is 5.32 Å². The molecule has 0 spiro atoms. The van der Waals surface area contributed by atoms with Crippen LogP contribution >= 0.6 is 0 Å². The molecule has 0 aliphatic rings. The van der Waals surface area contributed by atoms with Crippen molar-refractivity contribution < 1.29 is 14.3 Å². The van der Waals surface area contributed by atoms with E-state index in [2.05, 4.69) is 10.3 Å². The van der Waals surface area contributed by atoms with Crippen molar-refractivity contribution >= 4 is 22.8 Å². The summed E-state index contributed by atoms with van der Waals surface area (Å²) in [4.78, 5) is 30.2. The Bertz CT molecular complexity index is 1610. The van der Waals surface area contributed by atoms with Gasteiger partial charge in [0.2, 0.25) is 0 Å². The first-order valence-corrected chi connectivity index (χ1v) is 11.8. The molecule has 0 unspecified atom stereocenters. The van der Waals surface area contributed by atoms with Gasteiger partial charge >= 0.3 is 11.8 Å². The number of ether oxygens (including phenoxy) is 2. The van der Waals surface area contributed by atoms with E-state index in [-0.39, 0.29) is 5.69 Å². The molecule has 0 aliphatic carbocycles. The summed E-state index contributed by atoms with van der Waals surface area (Å²) in [5, 5.41) is 2.73. The van der Waals surface area contributed by atoms with Crippen LogP contribution in [-0.2, 0) is 4.74 Å². The number of benzene rings is 3. The summed E-state index contributed by atoms with van der Waals surface area (Å²) in [7, 11) is 0. The summed E-state index contributed by atoms with van der Waals surface area (Å²) in [5.74, 6) is 1.39. The summed E-state index contributed by atoms with van der Waals surface area (Å²) >= 11 is 0. The number of fused-ring (bicyclic) bond motifs is 1. The maximum absolute atomic E-state index is 13.7. The lowest BCUT2D eigenvalue weighted by Gasteiger charge is -2.19. The van der Waals surface area contributed by atoms with E-state index in [4.69, 9.17) is 9.47 Å². The topological polar surface area (TPSA) is 87.4 Å². The number of nitrogens with zero attached hydrogens (tertiary/aromatic N) is 3. The van der Waals surface area contributed by atoms with Gasteiger partial charge in [0.15, 0.2) is 0 Å². The zero-order valence-electron chi connectivity index (χ0n) is 20.7. The summed E-state index contributed by atoms with van der Waals surface area (Å²) in [6.45, 7) is 5.39. The Kier molecular flexibility index (Phi) is 6.23. The minimum absolute atomic E-state index is 0.269.